The van der Waals surface area contributed by atoms with E-state index in [1.54, 1.807) is 6.07 Å². The van der Waals surface area contributed by atoms with Crippen molar-refractivity contribution >= 4 is 11.6 Å². The van der Waals surface area contributed by atoms with Gasteiger partial charge in [0.15, 0.2) is 11.5 Å². The molecule has 1 saturated carbocycles. The average molecular weight is 327 g/mol. The van der Waals surface area contributed by atoms with Crippen LogP contribution in [0, 0.1) is 0 Å². The number of aromatic hydroxyl groups is 1. The Morgan fingerprint density at radius 2 is 2.05 bits per heavy atom. The van der Waals surface area contributed by atoms with Gasteiger partial charge in [-0.1, -0.05) is 30.9 Å². The van der Waals surface area contributed by atoms with Gasteiger partial charge in [-0.2, -0.15) is 0 Å². The maximum absolute atomic E-state index is 9.99. The summed E-state index contributed by atoms with van der Waals surface area (Å²) in [6, 6.07) is 4.31. The lowest BCUT2D eigenvalue weighted by Crippen LogP contribution is -2.39. The molecule has 0 heterocycles. The third-order valence-electron chi connectivity index (χ3n) is 4.60. The highest BCUT2D eigenvalue weighted by molar-refractivity contribution is 6.32. The summed E-state index contributed by atoms with van der Waals surface area (Å²) in [5.41, 5.74) is 7.04. The molecule has 2 rings (SSSR count). The van der Waals surface area contributed by atoms with Gasteiger partial charge in [-0.05, 0) is 44.5 Å². The minimum absolute atomic E-state index is 0.00311. The van der Waals surface area contributed by atoms with Gasteiger partial charge < -0.3 is 15.6 Å². The monoisotopic (exact) mass is 326 g/mol. The quantitative estimate of drug-likeness (QED) is 0.836. The van der Waals surface area contributed by atoms with Crippen molar-refractivity contribution in [3.63, 3.8) is 0 Å². The largest absolute Gasteiger partial charge is 0.503 e. The number of hydrogen-bond donors (Lipinski definition) is 2. The van der Waals surface area contributed by atoms with E-state index in [1.807, 2.05) is 13.0 Å². The van der Waals surface area contributed by atoms with Gasteiger partial charge in [-0.15, -0.1) is 0 Å². The van der Waals surface area contributed by atoms with Gasteiger partial charge >= 0.3 is 0 Å². The molecule has 124 valence electrons. The summed E-state index contributed by atoms with van der Waals surface area (Å²) >= 11 is 6.16. The van der Waals surface area contributed by atoms with Gasteiger partial charge in [0.25, 0.3) is 0 Å². The van der Waals surface area contributed by atoms with E-state index in [2.05, 4.69) is 11.9 Å². The maximum Gasteiger partial charge on any atom is 0.176 e. The molecule has 0 amide bonds. The van der Waals surface area contributed by atoms with E-state index >= 15 is 0 Å². The second-order valence-electron chi connectivity index (χ2n) is 5.99. The Bertz CT molecular complexity index is 490. The number of phenolic OH excluding ortho intramolecular Hbond substituents is 1. The molecule has 1 atom stereocenters. The topological polar surface area (TPSA) is 58.7 Å². The summed E-state index contributed by atoms with van der Waals surface area (Å²) < 4.78 is 5.48. The number of nitrogens with two attached hydrogens (primary N) is 1. The van der Waals surface area contributed by atoms with Crippen LogP contribution >= 0.6 is 11.6 Å². The first kappa shape index (κ1) is 17.4. The summed E-state index contributed by atoms with van der Waals surface area (Å²) in [4.78, 5) is 2.36. The van der Waals surface area contributed by atoms with Crippen LogP contribution < -0.4 is 10.5 Å². The van der Waals surface area contributed by atoms with E-state index in [9.17, 15) is 5.11 Å². The summed E-state index contributed by atoms with van der Waals surface area (Å²) in [7, 11) is 2.13. The van der Waals surface area contributed by atoms with Gasteiger partial charge in [0, 0.05) is 18.6 Å². The fourth-order valence-corrected chi connectivity index (χ4v) is 3.55. The number of nitrogens with zero attached hydrogens (tertiary/aromatic N) is 1. The van der Waals surface area contributed by atoms with Gasteiger partial charge in [0.2, 0.25) is 0 Å². The van der Waals surface area contributed by atoms with Gasteiger partial charge in [-0.3, -0.25) is 4.90 Å². The molecule has 1 aliphatic rings. The van der Waals surface area contributed by atoms with Gasteiger partial charge in [0.1, 0.15) is 0 Å². The van der Waals surface area contributed by atoms with Crippen LogP contribution in [0.4, 0.5) is 0 Å². The van der Waals surface area contributed by atoms with Crippen LogP contribution in [0.2, 0.25) is 5.02 Å². The Hall–Kier alpha value is -0.970. The second kappa shape index (κ2) is 8.04. The highest BCUT2D eigenvalue weighted by Crippen LogP contribution is 2.38. The number of hydrogen-bond acceptors (Lipinski definition) is 4. The summed E-state index contributed by atoms with van der Waals surface area (Å²) in [6.45, 7) is 2.88. The molecule has 22 heavy (non-hydrogen) atoms. The molecule has 0 radical (unpaired) electrons. The number of likely N-dealkylation sites (N-methyl/N-ethyl adjacent to an activating group) is 1. The first-order valence-corrected chi connectivity index (χ1v) is 8.53. The minimum Gasteiger partial charge on any atom is -0.503 e. The number of rotatable bonds is 6. The first-order chi connectivity index (χ1) is 10.6. The average Bonchev–Trinajstić information content (AvgIpc) is 2.53. The molecule has 3 N–H and O–H groups in total. The van der Waals surface area contributed by atoms with Crippen molar-refractivity contribution < 1.29 is 9.84 Å². The number of benzene rings is 1. The minimum atomic E-state index is 0.00311. The summed E-state index contributed by atoms with van der Waals surface area (Å²) in [5, 5.41) is 10.3. The van der Waals surface area contributed by atoms with Gasteiger partial charge in [0.05, 0.1) is 11.6 Å². The molecule has 0 spiro atoms. The van der Waals surface area contributed by atoms with E-state index in [0.29, 0.717) is 30.0 Å². The highest BCUT2D eigenvalue weighted by Gasteiger charge is 2.26. The summed E-state index contributed by atoms with van der Waals surface area (Å²) in [6.07, 6.45) is 6.34. The zero-order valence-corrected chi connectivity index (χ0v) is 14.3. The number of halogens is 1. The highest BCUT2D eigenvalue weighted by atomic mass is 35.5. The molecule has 1 aromatic carbocycles. The first-order valence-electron chi connectivity index (χ1n) is 8.15. The molecule has 0 saturated heterocycles. The lowest BCUT2D eigenvalue weighted by molar-refractivity contribution is 0.140. The molecule has 1 aliphatic carbocycles. The molecule has 1 unspecified atom stereocenters. The van der Waals surface area contributed by atoms with E-state index in [4.69, 9.17) is 22.1 Å². The lowest BCUT2D eigenvalue weighted by atomic mass is 9.92. The van der Waals surface area contributed by atoms with Crippen LogP contribution in [0.15, 0.2) is 12.1 Å². The second-order valence-corrected chi connectivity index (χ2v) is 6.40. The number of phenols is 1. The molecule has 5 heteroatoms. The molecule has 0 bridgehead atoms. The fourth-order valence-electron chi connectivity index (χ4n) is 3.33. The normalized spacial score (nSPS) is 17.7. The molecule has 0 aliphatic heterocycles. The van der Waals surface area contributed by atoms with E-state index in [1.165, 1.54) is 32.1 Å². The predicted octanol–water partition coefficient (Wildman–Crippen LogP) is 3.71. The molecular weight excluding hydrogens is 300 g/mol. The maximum atomic E-state index is 9.99. The number of ether oxygens (including phenoxy) is 1. The fraction of sp³-hybridized carbons (Fsp3) is 0.647. The molecule has 1 fully saturated rings. The molecular formula is C17H27ClN2O2. The van der Waals surface area contributed by atoms with Crippen LogP contribution in [-0.4, -0.2) is 36.2 Å². The van der Waals surface area contributed by atoms with Crippen molar-refractivity contribution in [2.45, 2.75) is 51.1 Å². The predicted molar refractivity (Wildman–Crippen MR) is 90.7 cm³/mol. The van der Waals surface area contributed by atoms with Crippen molar-refractivity contribution in [1.29, 1.82) is 0 Å². The van der Waals surface area contributed by atoms with Crippen LogP contribution in [0.3, 0.4) is 0 Å². The molecule has 4 nitrogen and oxygen atoms in total. The standard InChI is InChI=1S/C17H27ClN2O2/c1-3-22-16-10-12(9-14(18)17(16)21)15(11-19)20(2)13-7-5-4-6-8-13/h9-10,13,15,21H,3-8,11,19H2,1-2H3. The van der Waals surface area contributed by atoms with Crippen LogP contribution in [0.1, 0.15) is 50.6 Å². The smallest absolute Gasteiger partial charge is 0.176 e. The Kier molecular flexibility index (Phi) is 6.36. The lowest BCUT2D eigenvalue weighted by Gasteiger charge is -2.37. The van der Waals surface area contributed by atoms with E-state index in [0.717, 1.165) is 5.56 Å². The van der Waals surface area contributed by atoms with Crippen molar-refractivity contribution in [1.82, 2.24) is 4.90 Å². The van der Waals surface area contributed by atoms with Crippen molar-refractivity contribution in [3.05, 3.63) is 22.7 Å². The van der Waals surface area contributed by atoms with E-state index in [-0.39, 0.29) is 11.8 Å². The third-order valence-corrected chi connectivity index (χ3v) is 4.89. The zero-order valence-electron chi connectivity index (χ0n) is 13.5. The van der Waals surface area contributed by atoms with E-state index < -0.39 is 0 Å². The Morgan fingerprint density at radius 1 is 1.36 bits per heavy atom. The Labute approximate surface area is 138 Å². The Morgan fingerprint density at radius 3 is 2.64 bits per heavy atom. The van der Waals surface area contributed by atoms with Gasteiger partial charge in [-0.25, -0.2) is 0 Å². The SMILES string of the molecule is CCOc1cc(C(CN)N(C)C2CCCCC2)cc(Cl)c1O. The molecule has 0 aromatic heterocycles. The van der Waals surface area contributed by atoms with Crippen molar-refractivity contribution in [3.8, 4) is 11.5 Å². The third kappa shape index (κ3) is 3.86. The summed E-state index contributed by atoms with van der Waals surface area (Å²) in [5.74, 6) is 0.434. The van der Waals surface area contributed by atoms with Crippen LogP contribution in [0.25, 0.3) is 0 Å². The zero-order chi connectivity index (χ0) is 16.1. The van der Waals surface area contributed by atoms with Crippen molar-refractivity contribution in [2.75, 3.05) is 20.2 Å². The van der Waals surface area contributed by atoms with Crippen LogP contribution in [0.5, 0.6) is 11.5 Å². The van der Waals surface area contributed by atoms with Crippen LogP contribution in [-0.2, 0) is 0 Å². The Balaban J connectivity index is 2.25. The van der Waals surface area contributed by atoms with Crippen molar-refractivity contribution in [2.24, 2.45) is 5.73 Å². The molecule has 1 aromatic rings.